The van der Waals surface area contributed by atoms with Crippen molar-refractivity contribution in [3.63, 3.8) is 0 Å². The highest BCUT2D eigenvalue weighted by molar-refractivity contribution is 5.92. The number of nitrogens with zero attached hydrogens (tertiary/aromatic N) is 4. The average Bonchev–Trinajstić information content (AvgIpc) is 3.00. The van der Waals surface area contributed by atoms with Gasteiger partial charge < -0.3 is 20.0 Å². The number of carbonyl (C=O) groups is 1. The van der Waals surface area contributed by atoms with Crippen molar-refractivity contribution in [1.29, 1.82) is 0 Å². The van der Waals surface area contributed by atoms with E-state index in [1.54, 1.807) is 16.0 Å². The van der Waals surface area contributed by atoms with Crippen molar-refractivity contribution >= 4 is 11.7 Å². The molecule has 2 N–H and O–H groups in total. The summed E-state index contributed by atoms with van der Waals surface area (Å²) in [5.74, 6) is 0.429. The number of hydrogen-bond acceptors (Lipinski definition) is 6. The molecule has 1 amide bonds. The van der Waals surface area contributed by atoms with E-state index >= 15 is 0 Å². The Kier molecular flexibility index (Phi) is 4.03. The molecule has 0 aliphatic carbocycles. The van der Waals surface area contributed by atoms with Gasteiger partial charge in [0.1, 0.15) is 11.5 Å². The Morgan fingerprint density at radius 1 is 1.14 bits per heavy atom. The molecule has 1 aromatic rings. The molecule has 3 heterocycles. The molecule has 7 nitrogen and oxygen atoms in total. The number of aliphatic hydroxyl groups is 2. The molecule has 7 heteroatoms. The third kappa shape index (κ3) is 3.14. The van der Waals surface area contributed by atoms with E-state index in [1.165, 1.54) is 6.20 Å². The molecule has 0 bridgehead atoms. The number of hydrogen-bond donors (Lipinski definition) is 2. The number of amides is 1. The van der Waals surface area contributed by atoms with Gasteiger partial charge in [-0.15, -0.1) is 0 Å². The third-order valence-electron chi connectivity index (χ3n) is 3.96. The lowest BCUT2D eigenvalue weighted by Crippen LogP contribution is -2.46. The normalized spacial score (nSPS) is 26.2. The number of aliphatic hydroxyl groups excluding tert-OH is 2. The van der Waals surface area contributed by atoms with Gasteiger partial charge in [0.05, 0.1) is 24.6 Å². The van der Waals surface area contributed by atoms with Crippen LogP contribution in [-0.4, -0.2) is 69.4 Å². The minimum Gasteiger partial charge on any atom is -0.391 e. The summed E-state index contributed by atoms with van der Waals surface area (Å²) in [6.45, 7) is 2.33. The Morgan fingerprint density at radius 2 is 1.81 bits per heavy atom. The number of aromatic nitrogens is 2. The Bertz CT molecular complexity index is 509. The van der Waals surface area contributed by atoms with Gasteiger partial charge in [-0.2, -0.15) is 0 Å². The highest BCUT2D eigenvalue weighted by atomic mass is 16.3. The van der Waals surface area contributed by atoms with Gasteiger partial charge in [-0.1, -0.05) is 0 Å². The van der Waals surface area contributed by atoms with Crippen LogP contribution in [0.5, 0.6) is 0 Å². The average molecular weight is 292 g/mol. The van der Waals surface area contributed by atoms with Crippen molar-refractivity contribution in [3.8, 4) is 0 Å². The van der Waals surface area contributed by atoms with Crippen LogP contribution in [0.2, 0.25) is 0 Å². The van der Waals surface area contributed by atoms with Gasteiger partial charge in [0.25, 0.3) is 5.91 Å². The fourth-order valence-corrected chi connectivity index (χ4v) is 2.93. The van der Waals surface area contributed by atoms with E-state index in [0.29, 0.717) is 31.0 Å². The Morgan fingerprint density at radius 3 is 2.48 bits per heavy atom. The monoisotopic (exact) mass is 292 g/mol. The second-order valence-electron chi connectivity index (χ2n) is 5.71. The summed E-state index contributed by atoms with van der Waals surface area (Å²) in [5, 5.41) is 19.5. The Balaban J connectivity index is 1.77. The second kappa shape index (κ2) is 5.95. The van der Waals surface area contributed by atoms with Crippen LogP contribution in [0.1, 0.15) is 29.8 Å². The summed E-state index contributed by atoms with van der Waals surface area (Å²) in [4.78, 5) is 24.3. The maximum Gasteiger partial charge on any atom is 0.274 e. The molecule has 0 spiro atoms. The highest BCUT2D eigenvalue weighted by Gasteiger charge is 2.27. The highest BCUT2D eigenvalue weighted by Crippen LogP contribution is 2.19. The lowest BCUT2D eigenvalue weighted by molar-refractivity contribution is 0.0648. The van der Waals surface area contributed by atoms with Gasteiger partial charge in [0.15, 0.2) is 0 Å². The second-order valence-corrected chi connectivity index (χ2v) is 5.71. The van der Waals surface area contributed by atoms with Crippen LogP contribution in [0.4, 0.5) is 5.82 Å². The number of carbonyl (C=O) groups excluding carboxylic acids is 1. The van der Waals surface area contributed by atoms with Crippen LogP contribution in [0.3, 0.4) is 0 Å². The molecule has 0 radical (unpaired) electrons. The van der Waals surface area contributed by atoms with Crippen LogP contribution in [-0.2, 0) is 0 Å². The Hall–Kier alpha value is -1.73. The molecule has 2 aliphatic heterocycles. The van der Waals surface area contributed by atoms with Crippen molar-refractivity contribution in [2.75, 3.05) is 31.1 Å². The molecular weight excluding hydrogens is 272 g/mol. The summed E-state index contributed by atoms with van der Waals surface area (Å²) in [6.07, 6.45) is 4.29. The molecule has 0 aromatic carbocycles. The van der Waals surface area contributed by atoms with Crippen molar-refractivity contribution in [2.24, 2.45) is 0 Å². The summed E-state index contributed by atoms with van der Waals surface area (Å²) in [6, 6.07) is 0. The topological polar surface area (TPSA) is 89.8 Å². The first-order valence-electron chi connectivity index (χ1n) is 7.36. The van der Waals surface area contributed by atoms with Gasteiger partial charge in [-0.05, 0) is 12.8 Å². The van der Waals surface area contributed by atoms with E-state index < -0.39 is 12.2 Å². The van der Waals surface area contributed by atoms with Crippen LogP contribution >= 0.6 is 0 Å². The molecule has 114 valence electrons. The summed E-state index contributed by atoms with van der Waals surface area (Å²) < 4.78 is 0. The molecule has 0 unspecified atom stereocenters. The van der Waals surface area contributed by atoms with Crippen LogP contribution < -0.4 is 4.90 Å². The van der Waals surface area contributed by atoms with Crippen molar-refractivity contribution in [3.05, 3.63) is 18.1 Å². The predicted molar refractivity (Wildman–Crippen MR) is 76.0 cm³/mol. The number of piperidine rings is 1. The fraction of sp³-hybridized carbons (Fsp3) is 0.643. The largest absolute Gasteiger partial charge is 0.391 e. The van der Waals surface area contributed by atoms with Crippen molar-refractivity contribution in [2.45, 2.75) is 31.5 Å². The Labute approximate surface area is 123 Å². The molecule has 21 heavy (non-hydrogen) atoms. The smallest absolute Gasteiger partial charge is 0.274 e. The third-order valence-corrected chi connectivity index (χ3v) is 3.96. The lowest BCUT2D eigenvalue weighted by atomic mass is 10.1. The first kappa shape index (κ1) is 14.2. The first-order valence-corrected chi connectivity index (χ1v) is 7.36. The molecule has 2 fully saturated rings. The van der Waals surface area contributed by atoms with E-state index in [9.17, 15) is 15.0 Å². The lowest BCUT2D eigenvalue weighted by Gasteiger charge is -2.34. The fourth-order valence-electron chi connectivity index (χ4n) is 2.93. The number of anilines is 1. The molecule has 2 atom stereocenters. The summed E-state index contributed by atoms with van der Waals surface area (Å²) in [5.41, 5.74) is 0.323. The zero-order valence-corrected chi connectivity index (χ0v) is 11.9. The zero-order valence-electron chi connectivity index (χ0n) is 11.9. The van der Waals surface area contributed by atoms with Gasteiger partial charge >= 0.3 is 0 Å². The van der Waals surface area contributed by atoms with E-state index in [1.807, 2.05) is 0 Å². The standard InChI is InChI=1S/C14H20N4O3/c19-10-5-11(20)9-18(8-10)13-7-15-6-12(16-13)14(21)17-3-1-2-4-17/h6-7,10-11,19-20H,1-5,8-9H2/t10-,11-/m1/s1. The van der Waals surface area contributed by atoms with E-state index in [4.69, 9.17) is 0 Å². The summed E-state index contributed by atoms with van der Waals surface area (Å²) in [7, 11) is 0. The molecular formula is C14H20N4O3. The minimum absolute atomic E-state index is 0.0973. The van der Waals surface area contributed by atoms with Crippen LogP contribution in [0.15, 0.2) is 12.4 Å². The van der Waals surface area contributed by atoms with Crippen molar-refractivity contribution < 1.29 is 15.0 Å². The van der Waals surface area contributed by atoms with Crippen LogP contribution in [0.25, 0.3) is 0 Å². The minimum atomic E-state index is -0.589. The van der Waals surface area contributed by atoms with E-state index in [2.05, 4.69) is 9.97 Å². The van der Waals surface area contributed by atoms with Gasteiger partial charge in [0, 0.05) is 32.6 Å². The van der Waals surface area contributed by atoms with Gasteiger partial charge in [-0.3, -0.25) is 9.78 Å². The number of rotatable bonds is 2. The zero-order chi connectivity index (χ0) is 14.8. The maximum absolute atomic E-state index is 12.3. The molecule has 1 aromatic heterocycles. The van der Waals surface area contributed by atoms with E-state index in [0.717, 1.165) is 25.9 Å². The van der Waals surface area contributed by atoms with Gasteiger partial charge in [0.2, 0.25) is 0 Å². The van der Waals surface area contributed by atoms with Crippen molar-refractivity contribution in [1.82, 2.24) is 14.9 Å². The maximum atomic E-state index is 12.3. The SMILES string of the molecule is O=C(c1cncc(N2C[C@H](O)C[C@@H](O)C2)n1)N1CCCC1. The van der Waals surface area contributed by atoms with E-state index in [-0.39, 0.29) is 5.91 Å². The molecule has 3 rings (SSSR count). The van der Waals surface area contributed by atoms with Gasteiger partial charge in [-0.25, -0.2) is 4.98 Å². The predicted octanol–water partition coefficient (Wildman–Crippen LogP) is -0.356. The van der Waals surface area contributed by atoms with Crippen LogP contribution in [0, 0.1) is 0 Å². The summed E-state index contributed by atoms with van der Waals surface area (Å²) >= 11 is 0. The first-order chi connectivity index (χ1) is 10.1. The molecule has 2 saturated heterocycles. The quantitative estimate of drug-likeness (QED) is 0.774. The molecule has 0 saturated carbocycles. The molecule has 2 aliphatic rings. The number of β-amino-alcohol motifs (C(OH)–C–C–N with tert-alkyl or cyclic N) is 2. The number of likely N-dealkylation sites (tertiary alicyclic amines) is 1.